The summed E-state index contributed by atoms with van der Waals surface area (Å²) < 4.78 is 5.56. The Morgan fingerprint density at radius 1 is 1.16 bits per heavy atom. The van der Waals surface area contributed by atoms with E-state index in [0.29, 0.717) is 17.1 Å². The molecule has 25 heavy (non-hydrogen) atoms. The maximum absolute atomic E-state index is 12.9. The summed E-state index contributed by atoms with van der Waals surface area (Å²) in [5, 5.41) is 10.8. The fraction of sp³-hybridized carbons (Fsp3) is 0.111. The first-order valence-corrected chi connectivity index (χ1v) is 7.57. The normalized spacial score (nSPS) is 10.4. The summed E-state index contributed by atoms with van der Waals surface area (Å²) in [5.41, 5.74) is 0.266. The van der Waals surface area contributed by atoms with Gasteiger partial charge < -0.3 is 4.42 Å². The highest BCUT2D eigenvalue weighted by molar-refractivity contribution is 6.05. The SMILES string of the molecule is Cc1ccc(CN(C(=O)c2ccc([N+](=O)[O-])cc2)c2ccccn2)o1. The minimum Gasteiger partial charge on any atom is -0.464 e. The summed E-state index contributed by atoms with van der Waals surface area (Å²) in [6.45, 7) is 2.04. The Kier molecular flexibility index (Phi) is 4.56. The number of nitrogens with zero attached hydrogens (tertiary/aromatic N) is 3. The summed E-state index contributed by atoms with van der Waals surface area (Å²) in [4.78, 5) is 28.9. The Morgan fingerprint density at radius 3 is 2.48 bits per heavy atom. The lowest BCUT2D eigenvalue weighted by Gasteiger charge is -2.20. The van der Waals surface area contributed by atoms with Crippen LogP contribution >= 0.6 is 0 Å². The number of carbonyl (C=O) groups excluding carboxylic acids is 1. The Hall–Kier alpha value is -3.48. The predicted molar refractivity (Wildman–Crippen MR) is 91.3 cm³/mol. The minimum absolute atomic E-state index is 0.0670. The van der Waals surface area contributed by atoms with Crippen molar-refractivity contribution in [2.24, 2.45) is 0 Å². The van der Waals surface area contributed by atoms with Crippen LogP contribution in [0.25, 0.3) is 0 Å². The molecule has 1 amide bonds. The lowest BCUT2D eigenvalue weighted by atomic mass is 10.1. The van der Waals surface area contributed by atoms with Crippen LogP contribution in [0.1, 0.15) is 21.9 Å². The quantitative estimate of drug-likeness (QED) is 0.522. The van der Waals surface area contributed by atoms with Crippen molar-refractivity contribution in [3.8, 4) is 0 Å². The van der Waals surface area contributed by atoms with Gasteiger partial charge in [0.15, 0.2) is 0 Å². The summed E-state index contributed by atoms with van der Waals surface area (Å²) >= 11 is 0. The molecule has 0 saturated heterocycles. The van der Waals surface area contributed by atoms with Crippen LogP contribution in [-0.2, 0) is 6.54 Å². The average molecular weight is 337 g/mol. The highest BCUT2D eigenvalue weighted by Crippen LogP contribution is 2.20. The number of non-ortho nitro benzene ring substituents is 1. The number of aromatic nitrogens is 1. The number of benzene rings is 1. The number of nitro benzene ring substituents is 1. The Bertz CT molecular complexity index is 888. The Labute approximate surface area is 143 Å². The van der Waals surface area contributed by atoms with Crippen LogP contribution < -0.4 is 4.90 Å². The molecule has 2 heterocycles. The fourth-order valence-electron chi connectivity index (χ4n) is 2.38. The van der Waals surface area contributed by atoms with Gasteiger partial charge in [-0.05, 0) is 43.3 Å². The van der Waals surface area contributed by atoms with Gasteiger partial charge in [0.25, 0.3) is 11.6 Å². The van der Waals surface area contributed by atoms with E-state index in [4.69, 9.17) is 4.42 Å². The number of rotatable bonds is 5. The number of anilines is 1. The molecule has 126 valence electrons. The maximum Gasteiger partial charge on any atom is 0.269 e. The monoisotopic (exact) mass is 337 g/mol. The van der Waals surface area contributed by atoms with Crippen molar-refractivity contribution in [2.45, 2.75) is 13.5 Å². The van der Waals surface area contributed by atoms with Gasteiger partial charge in [0.05, 0.1) is 11.5 Å². The van der Waals surface area contributed by atoms with Crippen LogP contribution in [0.5, 0.6) is 0 Å². The summed E-state index contributed by atoms with van der Waals surface area (Å²) in [6, 6.07) is 14.4. The molecule has 0 unspecified atom stereocenters. The van der Waals surface area contributed by atoms with Crippen molar-refractivity contribution in [1.82, 2.24) is 4.98 Å². The van der Waals surface area contributed by atoms with E-state index in [1.807, 2.05) is 13.0 Å². The van der Waals surface area contributed by atoms with Crippen LogP contribution in [-0.4, -0.2) is 15.8 Å². The lowest BCUT2D eigenvalue weighted by Crippen LogP contribution is -2.31. The number of nitro groups is 1. The molecule has 0 bridgehead atoms. The third-order valence-corrected chi connectivity index (χ3v) is 3.61. The van der Waals surface area contributed by atoms with Crippen LogP contribution in [0.2, 0.25) is 0 Å². The molecule has 2 aromatic heterocycles. The molecule has 0 aliphatic heterocycles. The molecular weight excluding hydrogens is 322 g/mol. The number of hydrogen-bond donors (Lipinski definition) is 0. The van der Waals surface area contributed by atoms with Crippen molar-refractivity contribution >= 4 is 17.4 Å². The Balaban J connectivity index is 1.92. The number of furan rings is 1. The zero-order chi connectivity index (χ0) is 17.8. The van der Waals surface area contributed by atoms with Crippen molar-refractivity contribution in [1.29, 1.82) is 0 Å². The topological polar surface area (TPSA) is 89.5 Å². The van der Waals surface area contributed by atoms with E-state index in [1.165, 1.54) is 29.2 Å². The lowest BCUT2D eigenvalue weighted by molar-refractivity contribution is -0.384. The molecule has 1 aromatic carbocycles. The van der Waals surface area contributed by atoms with Gasteiger partial charge in [-0.2, -0.15) is 0 Å². The van der Waals surface area contributed by atoms with E-state index in [1.54, 1.807) is 30.5 Å². The van der Waals surface area contributed by atoms with Gasteiger partial charge in [-0.15, -0.1) is 0 Å². The number of carbonyl (C=O) groups is 1. The van der Waals surface area contributed by atoms with Crippen LogP contribution in [0.15, 0.2) is 65.2 Å². The fourth-order valence-corrected chi connectivity index (χ4v) is 2.38. The zero-order valence-electron chi connectivity index (χ0n) is 13.5. The van der Waals surface area contributed by atoms with Gasteiger partial charge in [0.1, 0.15) is 17.3 Å². The van der Waals surface area contributed by atoms with E-state index in [9.17, 15) is 14.9 Å². The minimum atomic E-state index is -0.504. The molecule has 0 aliphatic rings. The van der Waals surface area contributed by atoms with Gasteiger partial charge in [-0.3, -0.25) is 19.8 Å². The predicted octanol–water partition coefficient (Wildman–Crippen LogP) is 3.74. The number of hydrogen-bond acceptors (Lipinski definition) is 5. The van der Waals surface area contributed by atoms with Gasteiger partial charge in [-0.1, -0.05) is 6.07 Å². The first-order valence-electron chi connectivity index (χ1n) is 7.57. The summed E-state index contributed by atoms with van der Waals surface area (Å²) in [7, 11) is 0. The maximum atomic E-state index is 12.9. The van der Waals surface area contributed by atoms with Crippen LogP contribution in [0.4, 0.5) is 11.5 Å². The van der Waals surface area contributed by atoms with Gasteiger partial charge in [0.2, 0.25) is 0 Å². The van der Waals surface area contributed by atoms with Crippen molar-refractivity contribution in [3.63, 3.8) is 0 Å². The smallest absolute Gasteiger partial charge is 0.269 e. The van der Waals surface area contributed by atoms with Gasteiger partial charge in [-0.25, -0.2) is 4.98 Å². The molecule has 7 heteroatoms. The molecule has 7 nitrogen and oxygen atoms in total. The third-order valence-electron chi connectivity index (χ3n) is 3.61. The second-order valence-electron chi connectivity index (χ2n) is 5.40. The Morgan fingerprint density at radius 2 is 1.92 bits per heavy atom. The first kappa shape index (κ1) is 16.4. The molecular formula is C18H15N3O4. The zero-order valence-corrected chi connectivity index (χ0v) is 13.5. The van der Waals surface area contributed by atoms with Crippen molar-refractivity contribution in [2.75, 3.05) is 4.90 Å². The molecule has 0 atom stereocenters. The van der Waals surface area contributed by atoms with Gasteiger partial charge in [0, 0.05) is 23.9 Å². The first-order chi connectivity index (χ1) is 12.0. The standard InChI is InChI=1S/C18H15N3O4/c1-13-5-10-16(25-13)12-20(17-4-2-3-11-19-17)18(22)14-6-8-15(9-7-14)21(23)24/h2-11H,12H2,1H3. The average Bonchev–Trinajstić information content (AvgIpc) is 3.05. The molecule has 0 aliphatic carbocycles. The third kappa shape index (κ3) is 3.72. The van der Waals surface area contributed by atoms with E-state index >= 15 is 0 Å². The highest BCUT2D eigenvalue weighted by atomic mass is 16.6. The van der Waals surface area contributed by atoms with Crippen LogP contribution in [0, 0.1) is 17.0 Å². The van der Waals surface area contributed by atoms with Crippen molar-refractivity contribution < 1.29 is 14.1 Å². The molecule has 0 fully saturated rings. The second-order valence-corrected chi connectivity index (χ2v) is 5.40. The highest BCUT2D eigenvalue weighted by Gasteiger charge is 2.21. The van der Waals surface area contributed by atoms with E-state index in [0.717, 1.165) is 5.76 Å². The van der Waals surface area contributed by atoms with Crippen LogP contribution in [0.3, 0.4) is 0 Å². The number of aryl methyl sites for hydroxylation is 1. The van der Waals surface area contributed by atoms with Crippen molar-refractivity contribution in [3.05, 3.63) is 88.0 Å². The van der Waals surface area contributed by atoms with E-state index < -0.39 is 4.92 Å². The number of pyridine rings is 1. The second kappa shape index (κ2) is 6.96. The number of amides is 1. The summed E-state index contributed by atoms with van der Waals surface area (Å²) in [5.74, 6) is 1.53. The summed E-state index contributed by atoms with van der Waals surface area (Å²) in [6.07, 6.45) is 1.60. The van der Waals surface area contributed by atoms with Gasteiger partial charge >= 0.3 is 0 Å². The molecule has 3 rings (SSSR count). The molecule has 0 saturated carbocycles. The molecule has 0 radical (unpaired) electrons. The molecule has 0 N–H and O–H groups in total. The molecule has 0 spiro atoms. The largest absolute Gasteiger partial charge is 0.464 e. The van der Waals surface area contributed by atoms with E-state index in [-0.39, 0.29) is 18.1 Å². The van der Waals surface area contributed by atoms with E-state index in [2.05, 4.69) is 4.98 Å². The molecule has 3 aromatic rings.